The molecule has 24 heavy (non-hydrogen) atoms. The predicted molar refractivity (Wildman–Crippen MR) is 91.2 cm³/mol. The Morgan fingerprint density at radius 1 is 1.25 bits per heavy atom. The fraction of sp³-hybridized carbons (Fsp3) is 0.529. The molecule has 0 spiro atoms. The zero-order valence-corrected chi connectivity index (χ0v) is 14.4. The minimum Gasteiger partial charge on any atom is -0.491 e. The predicted octanol–water partition coefficient (Wildman–Crippen LogP) is 1.57. The van der Waals surface area contributed by atoms with Gasteiger partial charge in [-0.05, 0) is 38.1 Å². The molecule has 1 unspecified atom stereocenters. The van der Waals surface area contributed by atoms with Gasteiger partial charge in [0.1, 0.15) is 18.5 Å². The molecule has 1 amide bonds. The summed E-state index contributed by atoms with van der Waals surface area (Å²) in [5, 5.41) is 21.5. The van der Waals surface area contributed by atoms with Crippen molar-refractivity contribution >= 4 is 17.6 Å². The molecule has 0 radical (unpaired) electrons. The fourth-order valence-corrected chi connectivity index (χ4v) is 2.15. The molecule has 0 aromatic heterocycles. The van der Waals surface area contributed by atoms with Crippen molar-refractivity contribution in [3.8, 4) is 5.75 Å². The smallest absolute Gasteiger partial charge is 0.304 e. The number of hydrogen-bond donors (Lipinski definition) is 3. The molecular weight excluding hydrogens is 312 g/mol. The van der Waals surface area contributed by atoms with Crippen molar-refractivity contribution < 1.29 is 24.5 Å². The molecule has 0 aliphatic carbocycles. The summed E-state index contributed by atoms with van der Waals surface area (Å²) < 4.78 is 5.53. The summed E-state index contributed by atoms with van der Waals surface area (Å²) in [7, 11) is 0. The standard InChI is InChI=1S/C17H26N2O5/c1-12(2)19(9-8-17(22)23)10-15(21)11-24-16-6-4-14(5-7-16)18-13(3)20/h4-7,12,15,21H,8-11H2,1-3H3,(H,18,20)(H,22,23). The Labute approximate surface area is 142 Å². The molecule has 3 N–H and O–H groups in total. The van der Waals surface area contributed by atoms with Crippen LogP contribution in [0.3, 0.4) is 0 Å². The summed E-state index contributed by atoms with van der Waals surface area (Å²) in [6.45, 7) is 6.18. The topological polar surface area (TPSA) is 99.1 Å². The maximum Gasteiger partial charge on any atom is 0.304 e. The van der Waals surface area contributed by atoms with Crippen molar-refractivity contribution in [2.75, 3.05) is 25.0 Å². The summed E-state index contributed by atoms with van der Waals surface area (Å²) in [5.74, 6) is -0.412. The molecule has 1 rings (SSSR count). The summed E-state index contributed by atoms with van der Waals surface area (Å²) in [6.07, 6.45) is -0.688. The fourth-order valence-electron chi connectivity index (χ4n) is 2.15. The molecule has 1 aromatic rings. The Morgan fingerprint density at radius 2 is 1.88 bits per heavy atom. The first-order valence-corrected chi connectivity index (χ1v) is 7.92. The van der Waals surface area contributed by atoms with E-state index in [9.17, 15) is 14.7 Å². The highest BCUT2D eigenvalue weighted by molar-refractivity contribution is 5.88. The van der Waals surface area contributed by atoms with E-state index in [-0.39, 0.29) is 25.0 Å². The number of aliphatic hydroxyl groups is 1. The quantitative estimate of drug-likeness (QED) is 0.599. The molecule has 0 saturated carbocycles. The Hall–Kier alpha value is -2.12. The summed E-state index contributed by atoms with van der Waals surface area (Å²) in [5.41, 5.74) is 0.676. The first-order valence-electron chi connectivity index (χ1n) is 7.92. The van der Waals surface area contributed by atoms with E-state index in [1.54, 1.807) is 24.3 Å². The molecule has 0 aliphatic rings. The molecule has 7 heteroatoms. The number of carbonyl (C=O) groups is 2. The van der Waals surface area contributed by atoms with Gasteiger partial charge in [-0.15, -0.1) is 0 Å². The first kappa shape index (κ1) is 19.9. The number of anilines is 1. The van der Waals surface area contributed by atoms with Crippen molar-refractivity contribution in [2.24, 2.45) is 0 Å². The van der Waals surface area contributed by atoms with E-state index in [0.29, 0.717) is 24.5 Å². The number of aliphatic carboxylic acids is 1. The number of hydrogen-bond acceptors (Lipinski definition) is 5. The average Bonchev–Trinajstić information content (AvgIpc) is 2.49. The summed E-state index contributed by atoms with van der Waals surface area (Å²) in [4.78, 5) is 23.5. The first-order chi connectivity index (χ1) is 11.3. The minimum atomic E-state index is -0.856. The maximum absolute atomic E-state index is 10.9. The number of rotatable bonds is 10. The molecule has 0 bridgehead atoms. The zero-order chi connectivity index (χ0) is 18.1. The molecule has 0 fully saturated rings. The van der Waals surface area contributed by atoms with Crippen LogP contribution in [0.1, 0.15) is 27.2 Å². The highest BCUT2D eigenvalue weighted by atomic mass is 16.5. The molecule has 134 valence electrons. The van der Waals surface area contributed by atoms with Crippen LogP contribution in [0, 0.1) is 0 Å². The van der Waals surface area contributed by atoms with Gasteiger partial charge in [0.2, 0.25) is 5.91 Å². The number of carboxylic acid groups (broad SMARTS) is 1. The third-order valence-corrected chi connectivity index (χ3v) is 3.41. The molecule has 1 aromatic carbocycles. The number of nitrogens with one attached hydrogen (secondary N) is 1. The number of amides is 1. The Balaban J connectivity index is 2.44. The second-order valence-electron chi connectivity index (χ2n) is 5.90. The second-order valence-corrected chi connectivity index (χ2v) is 5.90. The van der Waals surface area contributed by atoms with Gasteiger partial charge in [0.15, 0.2) is 0 Å². The van der Waals surface area contributed by atoms with Gasteiger partial charge in [-0.1, -0.05) is 0 Å². The van der Waals surface area contributed by atoms with Crippen molar-refractivity contribution in [3.63, 3.8) is 0 Å². The third kappa shape index (κ3) is 7.94. The average molecular weight is 338 g/mol. The van der Waals surface area contributed by atoms with Gasteiger partial charge in [-0.25, -0.2) is 0 Å². The summed E-state index contributed by atoms with van der Waals surface area (Å²) >= 11 is 0. The van der Waals surface area contributed by atoms with E-state index in [1.165, 1.54) is 6.92 Å². The van der Waals surface area contributed by atoms with Gasteiger partial charge in [-0.3, -0.25) is 14.5 Å². The minimum absolute atomic E-state index is 0.0381. The van der Waals surface area contributed by atoms with Gasteiger partial charge >= 0.3 is 5.97 Å². The van der Waals surface area contributed by atoms with Gasteiger partial charge in [0, 0.05) is 31.7 Å². The number of ether oxygens (including phenoxy) is 1. The Morgan fingerprint density at radius 3 is 2.38 bits per heavy atom. The van der Waals surface area contributed by atoms with Crippen LogP contribution >= 0.6 is 0 Å². The molecule has 1 atom stereocenters. The van der Waals surface area contributed by atoms with Crippen LogP contribution < -0.4 is 10.1 Å². The third-order valence-electron chi connectivity index (χ3n) is 3.41. The van der Waals surface area contributed by atoms with Crippen LogP contribution in [-0.2, 0) is 9.59 Å². The van der Waals surface area contributed by atoms with Crippen molar-refractivity contribution in [1.29, 1.82) is 0 Å². The zero-order valence-electron chi connectivity index (χ0n) is 14.4. The lowest BCUT2D eigenvalue weighted by atomic mass is 10.2. The number of nitrogens with zero attached hydrogens (tertiary/aromatic N) is 1. The van der Waals surface area contributed by atoms with Gasteiger partial charge < -0.3 is 20.3 Å². The lowest BCUT2D eigenvalue weighted by Crippen LogP contribution is -2.40. The normalized spacial score (nSPS) is 12.2. The van der Waals surface area contributed by atoms with Crippen LogP contribution in [0.15, 0.2) is 24.3 Å². The van der Waals surface area contributed by atoms with Crippen LogP contribution in [0.2, 0.25) is 0 Å². The van der Waals surface area contributed by atoms with E-state index in [0.717, 1.165) is 0 Å². The number of carboxylic acids is 1. The number of benzene rings is 1. The molecule has 7 nitrogen and oxygen atoms in total. The molecule has 0 aliphatic heterocycles. The number of carbonyl (C=O) groups excluding carboxylic acids is 1. The van der Waals surface area contributed by atoms with Crippen LogP contribution in [-0.4, -0.2) is 58.8 Å². The summed E-state index contributed by atoms with van der Waals surface area (Å²) in [6, 6.07) is 6.99. The van der Waals surface area contributed by atoms with Gasteiger partial charge in [0.25, 0.3) is 0 Å². The van der Waals surface area contributed by atoms with Crippen molar-refractivity contribution in [1.82, 2.24) is 4.90 Å². The van der Waals surface area contributed by atoms with Crippen molar-refractivity contribution in [3.05, 3.63) is 24.3 Å². The van der Waals surface area contributed by atoms with E-state index in [2.05, 4.69) is 5.32 Å². The van der Waals surface area contributed by atoms with Crippen LogP contribution in [0.25, 0.3) is 0 Å². The van der Waals surface area contributed by atoms with Crippen molar-refractivity contribution in [2.45, 2.75) is 39.3 Å². The lowest BCUT2D eigenvalue weighted by molar-refractivity contribution is -0.137. The highest BCUT2D eigenvalue weighted by Gasteiger charge is 2.16. The second kappa shape index (κ2) is 9.89. The van der Waals surface area contributed by atoms with Crippen LogP contribution in [0.5, 0.6) is 5.75 Å². The van der Waals surface area contributed by atoms with E-state index in [1.807, 2.05) is 18.7 Å². The van der Waals surface area contributed by atoms with Crippen LogP contribution in [0.4, 0.5) is 5.69 Å². The number of aliphatic hydroxyl groups excluding tert-OH is 1. The SMILES string of the molecule is CC(=O)Nc1ccc(OCC(O)CN(CCC(=O)O)C(C)C)cc1. The monoisotopic (exact) mass is 338 g/mol. The largest absolute Gasteiger partial charge is 0.491 e. The van der Waals surface area contributed by atoms with E-state index in [4.69, 9.17) is 9.84 Å². The van der Waals surface area contributed by atoms with E-state index < -0.39 is 12.1 Å². The van der Waals surface area contributed by atoms with Gasteiger partial charge in [0.05, 0.1) is 6.42 Å². The van der Waals surface area contributed by atoms with E-state index >= 15 is 0 Å². The molecule has 0 saturated heterocycles. The van der Waals surface area contributed by atoms with Gasteiger partial charge in [-0.2, -0.15) is 0 Å². The Bertz CT molecular complexity index is 530. The molecular formula is C17H26N2O5. The lowest BCUT2D eigenvalue weighted by Gasteiger charge is -2.28. The highest BCUT2D eigenvalue weighted by Crippen LogP contribution is 2.16. The Kier molecular flexibility index (Phi) is 8.21. The maximum atomic E-state index is 10.9. The molecule has 0 heterocycles.